The molecule has 154 valence electrons. The molecule has 2 N–H and O–H groups in total. The zero-order valence-electron chi connectivity index (χ0n) is 16.5. The first kappa shape index (κ1) is 20.4. The lowest BCUT2D eigenvalue weighted by molar-refractivity contribution is 0.0952. The number of hydrogen-bond acceptors (Lipinski definition) is 4. The Morgan fingerprint density at radius 2 is 1.65 bits per heavy atom. The van der Waals surface area contributed by atoms with E-state index in [1.165, 1.54) is 6.21 Å². The number of hydrazone groups is 1. The quantitative estimate of drug-likeness (QED) is 0.311. The van der Waals surface area contributed by atoms with Crippen LogP contribution in [0, 0.1) is 0 Å². The van der Waals surface area contributed by atoms with Crippen molar-refractivity contribution in [3.8, 4) is 11.5 Å². The van der Waals surface area contributed by atoms with Crippen LogP contribution in [0.25, 0.3) is 10.8 Å². The average molecular weight is 431 g/mol. The summed E-state index contributed by atoms with van der Waals surface area (Å²) in [7, 11) is 0. The van der Waals surface area contributed by atoms with Crippen molar-refractivity contribution < 1.29 is 14.6 Å². The normalized spacial score (nSPS) is 11.0. The molecule has 4 aromatic carbocycles. The molecule has 6 heteroatoms. The van der Waals surface area contributed by atoms with Crippen LogP contribution >= 0.6 is 11.6 Å². The number of aromatic hydroxyl groups is 1. The zero-order chi connectivity index (χ0) is 21.6. The molecule has 4 rings (SSSR count). The molecule has 0 fully saturated rings. The molecule has 4 aromatic rings. The van der Waals surface area contributed by atoms with E-state index < -0.39 is 5.91 Å². The highest BCUT2D eigenvalue weighted by molar-refractivity contribution is 6.30. The Kier molecular flexibility index (Phi) is 6.15. The lowest BCUT2D eigenvalue weighted by Gasteiger charge is -2.09. The van der Waals surface area contributed by atoms with Gasteiger partial charge in [0.2, 0.25) is 0 Å². The van der Waals surface area contributed by atoms with Crippen molar-refractivity contribution in [1.82, 2.24) is 5.43 Å². The van der Waals surface area contributed by atoms with Crippen molar-refractivity contribution in [2.45, 2.75) is 6.61 Å². The van der Waals surface area contributed by atoms with Crippen molar-refractivity contribution in [3.63, 3.8) is 0 Å². The number of rotatable bonds is 6. The van der Waals surface area contributed by atoms with Crippen LogP contribution in [-0.4, -0.2) is 17.2 Å². The first-order chi connectivity index (χ1) is 15.1. The lowest BCUT2D eigenvalue weighted by Crippen LogP contribution is -2.17. The molecule has 0 aliphatic carbocycles. The number of carbonyl (C=O) groups excluding carboxylic acids is 1. The summed E-state index contributed by atoms with van der Waals surface area (Å²) in [5.41, 5.74) is 4.31. The summed E-state index contributed by atoms with van der Waals surface area (Å²) < 4.78 is 5.89. The molecule has 0 spiro atoms. The van der Waals surface area contributed by atoms with Crippen LogP contribution in [0.3, 0.4) is 0 Å². The van der Waals surface area contributed by atoms with Gasteiger partial charge in [0.25, 0.3) is 5.91 Å². The number of nitrogens with zero attached hydrogens (tertiary/aromatic N) is 1. The van der Waals surface area contributed by atoms with Crippen molar-refractivity contribution in [2.24, 2.45) is 5.10 Å². The van der Waals surface area contributed by atoms with Gasteiger partial charge in [-0.1, -0.05) is 60.1 Å². The van der Waals surface area contributed by atoms with Gasteiger partial charge in [-0.25, -0.2) is 5.43 Å². The highest BCUT2D eigenvalue weighted by Gasteiger charge is 2.12. The fourth-order valence-electron chi connectivity index (χ4n) is 3.09. The number of amides is 1. The average Bonchev–Trinajstić information content (AvgIpc) is 2.79. The van der Waals surface area contributed by atoms with Crippen molar-refractivity contribution in [3.05, 3.63) is 107 Å². The molecule has 0 unspecified atom stereocenters. The SMILES string of the molecule is O=C(NN=Cc1ccccc1OCc1ccc(Cl)cc1)c1cc2ccccc2cc1O. The fraction of sp³-hybridized carbons (Fsp3) is 0.0400. The number of nitrogens with one attached hydrogen (secondary N) is 1. The zero-order valence-corrected chi connectivity index (χ0v) is 17.2. The van der Waals surface area contributed by atoms with E-state index >= 15 is 0 Å². The Morgan fingerprint density at radius 3 is 2.42 bits per heavy atom. The monoisotopic (exact) mass is 430 g/mol. The van der Waals surface area contributed by atoms with Crippen LogP contribution in [-0.2, 0) is 6.61 Å². The maximum absolute atomic E-state index is 12.5. The van der Waals surface area contributed by atoms with E-state index in [-0.39, 0.29) is 11.3 Å². The van der Waals surface area contributed by atoms with Gasteiger partial charge in [0.15, 0.2) is 0 Å². The van der Waals surface area contributed by atoms with Gasteiger partial charge in [-0.3, -0.25) is 4.79 Å². The highest BCUT2D eigenvalue weighted by atomic mass is 35.5. The van der Waals surface area contributed by atoms with Gasteiger partial charge in [-0.15, -0.1) is 0 Å². The van der Waals surface area contributed by atoms with Crippen LogP contribution < -0.4 is 10.2 Å². The molecule has 1 amide bonds. The van der Waals surface area contributed by atoms with Gasteiger partial charge >= 0.3 is 0 Å². The Bertz CT molecular complexity index is 1250. The number of phenols is 1. The number of benzene rings is 4. The van der Waals surface area contributed by atoms with E-state index in [0.29, 0.717) is 22.9 Å². The van der Waals surface area contributed by atoms with E-state index in [1.54, 1.807) is 12.1 Å². The standard InChI is InChI=1S/C25H19ClN2O3/c26-21-11-9-17(10-12-21)16-31-24-8-4-3-7-20(24)15-27-28-25(30)22-13-18-5-1-2-6-19(18)14-23(22)29/h1-15,29H,16H2,(H,28,30). The molecular formula is C25H19ClN2O3. The molecule has 0 atom stereocenters. The second-order valence-electron chi connectivity index (χ2n) is 6.87. The van der Waals surface area contributed by atoms with Crippen LogP contribution in [0.5, 0.6) is 11.5 Å². The minimum atomic E-state index is -0.501. The minimum Gasteiger partial charge on any atom is -0.507 e. The number of para-hydroxylation sites is 1. The topological polar surface area (TPSA) is 70.9 Å². The highest BCUT2D eigenvalue weighted by Crippen LogP contribution is 2.25. The lowest BCUT2D eigenvalue weighted by atomic mass is 10.1. The molecule has 0 bridgehead atoms. The van der Waals surface area contributed by atoms with Gasteiger partial charge in [0, 0.05) is 10.6 Å². The molecule has 0 aliphatic rings. The summed E-state index contributed by atoms with van der Waals surface area (Å²) in [6.07, 6.45) is 1.51. The molecule has 0 saturated heterocycles. The number of halogens is 1. The predicted octanol–water partition coefficient (Wildman–Crippen LogP) is 5.54. The molecule has 0 aromatic heterocycles. The van der Waals surface area contributed by atoms with Gasteiger partial charge in [0.1, 0.15) is 18.1 Å². The van der Waals surface area contributed by atoms with Crippen molar-refractivity contribution >= 4 is 34.5 Å². The van der Waals surface area contributed by atoms with E-state index in [4.69, 9.17) is 16.3 Å². The number of carbonyl (C=O) groups is 1. The smallest absolute Gasteiger partial charge is 0.275 e. The van der Waals surface area contributed by atoms with E-state index in [1.807, 2.05) is 72.8 Å². The maximum atomic E-state index is 12.5. The van der Waals surface area contributed by atoms with Gasteiger partial charge in [-0.05, 0) is 52.7 Å². The van der Waals surface area contributed by atoms with Crippen LogP contribution in [0.1, 0.15) is 21.5 Å². The largest absolute Gasteiger partial charge is 0.507 e. The summed E-state index contributed by atoms with van der Waals surface area (Å²) in [6.45, 7) is 0.374. The number of hydrogen-bond donors (Lipinski definition) is 2. The molecule has 31 heavy (non-hydrogen) atoms. The van der Waals surface area contributed by atoms with Gasteiger partial charge in [0.05, 0.1) is 11.8 Å². The Labute approximate surface area is 184 Å². The Hall–Kier alpha value is -3.83. The Balaban J connectivity index is 1.45. The summed E-state index contributed by atoms with van der Waals surface area (Å²) in [6, 6.07) is 25.5. The first-order valence-corrected chi connectivity index (χ1v) is 9.99. The molecule has 0 aliphatic heterocycles. The van der Waals surface area contributed by atoms with Gasteiger partial charge < -0.3 is 9.84 Å². The molecule has 0 radical (unpaired) electrons. The van der Waals surface area contributed by atoms with Crippen LogP contribution in [0.15, 0.2) is 90.0 Å². The summed E-state index contributed by atoms with van der Waals surface area (Å²) in [5, 5.41) is 16.6. The maximum Gasteiger partial charge on any atom is 0.275 e. The van der Waals surface area contributed by atoms with E-state index in [2.05, 4.69) is 10.5 Å². The van der Waals surface area contributed by atoms with Crippen molar-refractivity contribution in [2.75, 3.05) is 0 Å². The molecule has 0 heterocycles. The Morgan fingerprint density at radius 1 is 0.968 bits per heavy atom. The summed E-state index contributed by atoms with van der Waals surface area (Å²) >= 11 is 5.91. The predicted molar refractivity (Wildman–Crippen MR) is 123 cm³/mol. The number of fused-ring (bicyclic) bond motifs is 1. The number of phenolic OH excluding ortho intramolecular Hbond substituents is 1. The number of ether oxygens (including phenoxy) is 1. The molecule has 0 saturated carbocycles. The van der Waals surface area contributed by atoms with E-state index in [0.717, 1.165) is 16.3 Å². The molecular weight excluding hydrogens is 412 g/mol. The minimum absolute atomic E-state index is 0.0990. The third kappa shape index (κ3) is 5.02. The second-order valence-corrected chi connectivity index (χ2v) is 7.31. The third-order valence-corrected chi connectivity index (χ3v) is 4.96. The second kappa shape index (κ2) is 9.32. The van der Waals surface area contributed by atoms with Crippen LogP contribution in [0.4, 0.5) is 0 Å². The van der Waals surface area contributed by atoms with E-state index in [9.17, 15) is 9.90 Å². The summed E-state index contributed by atoms with van der Waals surface area (Å²) in [4.78, 5) is 12.5. The fourth-order valence-corrected chi connectivity index (χ4v) is 3.22. The van der Waals surface area contributed by atoms with Gasteiger partial charge in [-0.2, -0.15) is 5.10 Å². The van der Waals surface area contributed by atoms with Crippen molar-refractivity contribution in [1.29, 1.82) is 0 Å². The third-order valence-electron chi connectivity index (χ3n) is 4.70. The molecule has 5 nitrogen and oxygen atoms in total. The summed E-state index contributed by atoms with van der Waals surface area (Å²) in [5.74, 6) is 0.0289. The first-order valence-electron chi connectivity index (χ1n) is 9.61. The van der Waals surface area contributed by atoms with Crippen LogP contribution in [0.2, 0.25) is 5.02 Å².